The van der Waals surface area contributed by atoms with Gasteiger partial charge in [-0.1, -0.05) is 26.7 Å². The van der Waals surface area contributed by atoms with Crippen molar-refractivity contribution >= 4 is 23.3 Å². The first-order valence-electron chi connectivity index (χ1n) is 10.4. The molecule has 3 atom stereocenters. The van der Waals surface area contributed by atoms with Crippen LogP contribution in [0.25, 0.3) is 0 Å². The van der Waals surface area contributed by atoms with Crippen LogP contribution in [0.2, 0.25) is 0 Å². The Bertz CT molecular complexity index is 793. The molecule has 9 nitrogen and oxygen atoms in total. The summed E-state index contributed by atoms with van der Waals surface area (Å²) in [6.07, 6.45) is 3.13. The maximum absolute atomic E-state index is 12.7. The van der Waals surface area contributed by atoms with Gasteiger partial charge in [0.15, 0.2) is 6.61 Å². The third-order valence-corrected chi connectivity index (χ3v) is 6.15. The molecule has 1 aromatic rings. The normalized spacial score (nSPS) is 24.2. The molecule has 0 spiro atoms. The molecule has 1 amide bonds. The number of esters is 1. The summed E-state index contributed by atoms with van der Waals surface area (Å²) in [6, 6.07) is 4.18. The molecule has 0 radical (unpaired) electrons. The monoisotopic (exact) mass is 419 g/mol. The minimum Gasteiger partial charge on any atom is -0.452 e. The molecule has 1 saturated heterocycles. The number of nitrogens with zero attached hydrogens (tertiary/aromatic N) is 2. The zero-order chi connectivity index (χ0) is 21.7. The van der Waals surface area contributed by atoms with Crippen LogP contribution in [0.1, 0.15) is 43.5 Å². The summed E-state index contributed by atoms with van der Waals surface area (Å²) in [4.78, 5) is 37.6. The van der Waals surface area contributed by atoms with Gasteiger partial charge >= 0.3 is 5.97 Å². The number of nitrogens with one attached hydrogen (secondary N) is 1. The van der Waals surface area contributed by atoms with Gasteiger partial charge < -0.3 is 19.7 Å². The Morgan fingerprint density at radius 3 is 2.70 bits per heavy atom. The van der Waals surface area contributed by atoms with Gasteiger partial charge in [-0.3, -0.25) is 14.9 Å². The molecule has 0 aromatic heterocycles. The zero-order valence-corrected chi connectivity index (χ0v) is 17.5. The van der Waals surface area contributed by atoms with Crippen molar-refractivity contribution in [1.82, 2.24) is 5.32 Å². The van der Waals surface area contributed by atoms with Gasteiger partial charge in [-0.15, -0.1) is 0 Å². The van der Waals surface area contributed by atoms with Gasteiger partial charge in [0.2, 0.25) is 0 Å². The van der Waals surface area contributed by atoms with Crippen LogP contribution < -0.4 is 10.2 Å². The van der Waals surface area contributed by atoms with Crippen LogP contribution in [0, 0.1) is 22.0 Å². The Kier molecular flexibility index (Phi) is 7.25. The average molecular weight is 419 g/mol. The molecule has 1 saturated carbocycles. The lowest BCUT2D eigenvalue weighted by Crippen LogP contribution is -2.45. The van der Waals surface area contributed by atoms with Crippen molar-refractivity contribution in [3.05, 3.63) is 33.9 Å². The maximum atomic E-state index is 12.7. The summed E-state index contributed by atoms with van der Waals surface area (Å²) in [7, 11) is 0. The predicted octanol–water partition coefficient (Wildman–Crippen LogP) is 2.53. The van der Waals surface area contributed by atoms with E-state index in [1.165, 1.54) is 12.1 Å². The van der Waals surface area contributed by atoms with E-state index in [0.29, 0.717) is 43.8 Å². The highest BCUT2D eigenvalue weighted by Crippen LogP contribution is 2.30. The first kappa shape index (κ1) is 22.0. The van der Waals surface area contributed by atoms with E-state index in [9.17, 15) is 19.7 Å². The van der Waals surface area contributed by atoms with Crippen molar-refractivity contribution in [2.45, 2.75) is 39.2 Å². The lowest BCUT2D eigenvalue weighted by Gasteiger charge is -2.34. The van der Waals surface area contributed by atoms with Crippen LogP contribution in [0.3, 0.4) is 0 Å². The van der Waals surface area contributed by atoms with Gasteiger partial charge in [-0.2, -0.15) is 0 Å². The van der Waals surface area contributed by atoms with Crippen LogP contribution in [0.5, 0.6) is 0 Å². The standard InChI is InChI=1S/C21H29N3O6/c1-14-4-3-5-18(15(14)2)22-20(25)13-30-21(26)17-12-16(24(27)28)6-7-19(17)23-8-10-29-11-9-23/h6-7,12,14-15,18H,3-5,8-11,13H2,1-2H3,(H,22,25)/t14-,15-,18+/m1/s1. The number of hydrogen-bond donors (Lipinski definition) is 1. The van der Waals surface area contributed by atoms with Gasteiger partial charge in [-0.25, -0.2) is 4.79 Å². The molecule has 0 unspecified atom stereocenters. The quantitative estimate of drug-likeness (QED) is 0.428. The van der Waals surface area contributed by atoms with Crippen LogP contribution >= 0.6 is 0 Å². The third kappa shape index (κ3) is 5.27. The topological polar surface area (TPSA) is 111 Å². The molecule has 3 rings (SSSR count). The van der Waals surface area contributed by atoms with E-state index in [1.54, 1.807) is 6.07 Å². The second-order valence-electron chi connectivity index (χ2n) is 8.08. The number of nitro groups is 1. The summed E-state index contributed by atoms with van der Waals surface area (Å²) in [5.74, 6) is -0.205. The van der Waals surface area contributed by atoms with Crippen LogP contribution in [-0.4, -0.2) is 55.8 Å². The first-order chi connectivity index (χ1) is 14.4. The second kappa shape index (κ2) is 9.88. The van der Waals surface area contributed by atoms with E-state index in [4.69, 9.17) is 9.47 Å². The van der Waals surface area contributed by atoms with E-state index >= 15 is 0 Å². The van der Waals surface area contributed by atoms with Crippen LogP contribution in [0.4, 0.5) is 11.4 Å². The second-order valence-corrected chi connectivity index (χ2v) is 8.08. The summed E-state index contributed by atoms with van der Waals surface area (Å²) in [6.45, 7) is 6.03. The van der Waals surface area contributed by atoms with Crippen LogP contribution in [0.15, 0.2) is 18.2 Å². The van der Waals surface area contributed by atoms with Gasteiger partial charge in [0.25, 0.3) is 11.6 Å². The number of rotatable bonds is 6. The average Bonchev–Trinajstić information content (AvgIpc) is 2.75. The number of amides is 1. The number of non-ortho nitro benzene ring substituents is 1. The molecule has 0 bridgehead atoms. The Morgan fingerprint density at radius 2 is 2.00 bits per heavy atom. The SMILES string of the molecule is C[C@@H]1[C@H](C)CCC[C@@H]1NC(=O)COC(=O)c1cc([N+](=O)[O-])ccc1N1CCOCC1. The van der Waals surface area contributed by atoms with Crippen molar-refractivity contribution in [3.8, 4) is 0 Å². The third-order valence-electron chi connectivity index (χ3n) is 6.15. The fourth-order valence-corrected chi connectivity index (χ4v) is 4.12. The summed E-state index contributed by atoms with van der Waals surface area (Å²) in [5.41, 5.74) is 0.427. The molecule has 30 heavy (non-hydrogen) atoms. The van der Waals surface area contributed by atoms with Crippen molar-refractivity contribution < 1.29 is 24.0 Å². The summed E-state index contributed by atoms with van der Waals surface area (Å²) in [5, 5.41) is 14.1. The highest BCUT2D eigenvalue weighted by molar-refractivity contribution is 5.97. The van der Waals surface area contributed by atoms with E-state index in [1.807, 2.05) is 4.90 Å². The Labute approximate surface area is 175 Å². The molecular formula is C21H29N3O6. The molecule has 2 fully saturated rings. The van der Waals surface area contributed by atoms with Gasteiger partial charge in [0, 0.05) is 31.3 Å². The number of nitro benzene ring substituents is 1. The number of ether oxygens (including phenoxy) is 2. The molecule has 1 aromatic carbocycles. The maximum Gasteiger partial charge on any atom is 0.341 e. The zero-order valence-electron chi connectivity index (χ0n) is 17.5. The first-order valence-corrected chi connectivity index (χ1v) is 10.4. The molecule has 1 aliphatic carbocycles. The van der Waals surface area contributed by atoms with E-state index in [-0.39, 0.29) is 23.2 Å². The number of anilines is 1. The largest absolute Gasteiger partial charge is 0.452 e. The van der Waals surface area contributed by atoms with Gasteiger partial charge in [0.1, 0.15) is 0 Å². The number of carbonyl (C=O) groups excluding carboxylic acids is 2. The van der Waals surface area contributed by atoms with Crippen molar-refractivity contribution in [3.63, 3.8) is 0 Å². The molecule has 1 aliphatic heterocycles. The number of morpholine rings is 1. The lowest BCUT2D eigenvalue weighted by molar-refractivity contribution is -0.384. The van der Waals surface area contributed by atoms with E-state index in [0.717, 1.165) is 19.3 Å². The number of hydrogen-bond acceptors (Lipinski definition) is 7. The number of carbonyl (C=O) groups is 2. The Morgan fingerprint density at radius 1 is 1.27 bits per heavy atom. The molecule has 2 aliphatic rings. The highest BCUT2D eigenvalue weighted by atomic mass is 16.6. The highest BCUT2D eigenvalue weighted by Gasteiger charge is 2.29. The predicted molar refractivity (Wildman–Crippen MR) is 111 cm³/mol. The fourth-order valence-electron chi connectivity index (χ4n) is 4.12. The van der Waals surface area contributed by atoms with E-state index < -0.39 is 17.5 Å². The van der Waals surface area contributed by atoms with Crippen molar-refractivity contribution in [2.24, 2.45) is 11.8 Å². The smallest absolute Gasteiger partial charge is 0.341 e. The summed E-state index contributed by atoms with van der Waals surface area (Å²) >= 11 is 0. The van der Waals surface area contributed by atoms with Crippen LogP contribution in [-0.2, 0) is 14.3 Å². The molecule has 1 N–H and O–H groups in total. The fraction of sp³-hybridized carbons (Fsp3) is 0.619. The van der Waals surface area contributed by atoms with E-state index in [2.05, 4.69) is 19.2 Å². The molecule has 164 valence electrons. The minimum atomic E-state index is -0.750. The molecular weight excluding hydrogens is 390 g/mol. The van der Waals surface area contributed by atoms with Gasteiger partial charge in [0.05, 0.1) is 29.4 Å². The minimum absolute atomic E-state index is 0.0710. The number of benzene rings is 1. The Hall–Kier alpha value is -2.68. The molecule has 9 heteroatoms. The lowest BCUT2D eigenvalue weighted by atomic mass is 9.78. The Balaban J connectivity index is 1.66. The van der Waals surface area contributed by atoms with Gasteiger partial charge in [-0.05, 0) is 24.3 Å². The summed E-state index contributed by atoms with van der Waals surface area (Å²) < 4.78 is 10.6. The molecule has 1 heterocycles. The van der Waals surface area contributed by atoms with Crippen molar-refractivity contribution in [1.29, 1.82) is 0 Å². The van der Waals surface area contributed by atoms with Crippen molar-refractivity contribution in [2.75, 3.05) is 37.8 Å².